The maximum Gasteiger partial charge on any atom is 0.231 e. The fourth-order valence-corrected chi connectivity index (χ4v) is 4.01. The first-order chi connectivity index (χ1) is 12.2. The number of hydrogen-bond acceptors (Lipinski definition) is 3. The molecule has 0 atom stereocenters. The molecule has 5 heteroatoms. The molecule has 1 aliphatic rings. The van der Waals surface area contributed by atoms with Gasteiger partial charge in [-0.05, 0) is 48.4 Å². The number of carbonyl (C=O) groups excluding carboxylic acids is 1. The molecule has 0 saturated carbocycles. The lowest BCUT2D eigenvalue weighted by molar-refractivity contribution is -0.130. The Morgan fingerprint density at radius 3 is 2.48 bits per heavy atom. The number of nitrogens with one attached hydrogen (secondary N) is 1. The van der Waals surface area contributed by atoms with E-state index in [0.717, 1.165) is 11.1 Å². The van der Waals surface area contributed by atoms with Crippen molar-refractivity contribution in [2.75, 3.05) is 19.5 Å². The number of thioether (sulfide) groups is 1. The standard InChI is InChI=1S/C20H22ClNO2S/c1-25-16-8-6-15(7-9-16)14-22-19(23)20(10-12-24-13-11-20)17-4-2-3-5-18(17)21/h2-9H,10-14H2,1H3,(H,22,23). The summed E-state index contributed by atoms with van der Waals surface area (Å²) < 4.78 is 5.50. The van der Waals surface area contributed by atoms with Gasteiger partial charge >= 0.3 is 0 Å². The lowest BCUT2D eigenvalue weighted by Gasteiger charge is -2.36. The molecule has 0 aliphatic carbocycles. The lowest BCUT2D eigenvalue weighted by atomic mass is 9.73. The third-order valence-electron chi connectivity index (χ3n) is 4.78. The third kappa shape index (κ3) is 4.02. The fourth-order valence-electron chi connectivity index (χ4n) is 3.28. The molecule has 0 spiro atoms. The van der Waals surface area contributed by atoms with E-state index in [1.165, 1.54) is 4.90 Å². The molecule has 3 nitrogen and oxygen atoms in total. The largest absolute Gasteiger partial charge is 0.381 e. The Kier molecular flexibility index (Phi) is 6.05. The van der Waals surface area contributed by atoms with Crippen molar-refractivity contribution in [3.05, 3.63) is 64.7 Å². The van der Waals surface area contributed by atoms with Gasteiger partial charge in [0.1, 0.15) is 0 Å². The smallest absolute Gasteiger partial charge is 0.231 e. The Morgan fingerprint density at radius 2 is 1.84 bits per heavy atom. The second kappa shape index (κ2) is 8.26. The van der Waals surface area contributed by atoms with Crippen molar-refractivity contribution < 1.29 is 9.53 Å². The molecule has 0 bridgehead atoms. The van der Waals surface area contributed by atoms with Gasteiger partial charge < -0.3 is 10.1 Å². The van der Waals surface area contributed by atoms with E-state index in [9.17, 15) is 4.79 Å². The zero-order chi connectivity index (χ0) is 17.7. The van der Waals surface area contributed by atoms with Crippen LogP contribution in [0.25, 0.3) is 0 Å². The maximum absolute atomic E-state index is 13.1. The van der Waals surface area contributed by atoms with Crippen molar-refractivity contribution >= 4 is 29.3 Å². The molecule has 132 valence electrons. The summed E-state index contributed by atoms with van der Waals surface area (Å²) in [6.45, 7) is 1.66. The van der Waals surface area contributed by atoms with Crippen LogP contribution < -0.4 is 5.32 Å². The van der Waals surface area contributed by atoms with Gasteiger partial charge in [-0.25, -0.2) is 0 Å². The summed E-state index contributed by atoms with van der Waals surface area (Å²) in [6.07, 6.45) is 3.34. The summed E-state index contributed by atoms with van der Waals surface area (Å²) in [6, 6.07) is 15.9. The molecule has 1 N–H and O–H groups in total. The van der Waals surface area contributed by atoms with Crippen molar-refractivity contribution in [3.63, 3.8) is 0 Å². The number of ether oxygens (including phenoxy) is 1. The van der Waals surface area contributed by atoms with Crippen molar-refractivity contribution in [2.45, 2.75) is 29.7 Å². The summed E-state index contributed by atoms with van der Waals surface area (Å²) in [5.74, 6) is 0.0258. The lowest BCUT2D eigenvalue weighted by Crippen LogP contribution is -2.48. The van der Waals surface area contributed by atoms with Crippen LogP contribution in [-0.2, 0) is 21.5 Å². The highest BCUT2D eigenvalue weighted by Crippen LogP contribution is 2.38. The van der Waals surface area contributed by atoms with E-state index in [0.29, 0.717) is 37.6 Å². The summed E-state index contributed by atoms with van der Waals surface area (Å²) in [5.41, 5.74) is 1.37. The van der Waals surface area contributed by atoms with E-state index >= 15 is 0 Å². The van der Waals surface area contributed by atoms with E-state index in [4.69, 9.17) is 16.3 Å². The molecule has 1 heterocycles. The minimum absolute atomic E-state index is 0.0258. The highest BCUT2D eigenvalue weighted by atomic mass is 35.5. The highest BCUT2D eigenvalue weighted by molar-refractivity contribution is 7.98. The van der Waals surface area contributed by atoms with Crippen LogP contribution in [0.3, 0.4) is 0 Å². The van der Waals surface area contributed by atoms with Gasteiger partial charge in [0.15, 0.2) is 0 Å². The average Bonchev–Trinajstić information content (AvgIpc) is 2.67. The van der Waals surface area contributed by atoms with Gasteiger partial charge in [-0.1, -0.05) is 41.9 Å². The van der Waals surface area contributed by atoms with Crippen LogP contribution in [0.5, 0.6) is 0 Å². The minimum atomic E-state index is -0.615. The summed E-state index contributed by atoms with van der Waals surface area (Å²) in [7, 11) is 0. The Bertz CT molecular complexity index is 727. The molecule has 1 amide bonds. The van der Waals surface area contributed by atoms with Crippen molar-refractivity contribution in [1.29, 1.82) is 0 Å². The molecule has 2 aromatic carbocycles. The third-order valence-corrected chi connectivity index (χ3v) is 5.86. The minimum Gasteiger partial charge on any atom is -0.381 e. The van der Waals surface area contributed by atoms with Gasteiger partial charge in [0.2, 0.25) is 5.91 Å². The molecule has 1 fully saturated rings. The Morgan fingerprint density at radius 1 is 1.16 bits per heavy atom. The molecule has 3 rings (SSSR count). The normalized spacial score (nSPS) is 16.4. The first kappa shape index (κ1) is 18.3. The summed E-state index contributed by atoms with van der Waals surface area (Å²) in [4.78, 5) is 14.4. The molecule has 0 unspecified atom stereocenters. The number of benzene rings is 2. The Hall–Kier alpha value is -1.49. The quantitative estimate of drug-likeness (QED) is 0.786. The zero-order valence-corrected chi connectivity index (χ0v) is 15.8. The van der Waals surface area contributed by atoms with Crippen LogP contribution in [0.4, 0.5) is 0 Å². The second-order valence-electron chi connectivity index (χ2n) is 6.21. The van der Waals surface area contributed by atoms with Gasteiger partial charge in [0, 0.05) is 29.7 Å². The molecule has 25 heavy (non-hydrogen) atoms. The van der Waals surface area contributed by atoms with Crippen LogP contribution in [0.15, 0.2) is 53.4 Å². The highest BCUT2D eigenvalue weighted by Gasteiger charge is 2.42. The molecule has 2 aromatic rings. The number of hydrogen-bond donors (Lipinski definition) is 1. The average molecular weight is 376 g/mol. The number of rotatable bonds is 5. The van der Waals surface area contributed by atoms with Crippen LogP contribution in [-0.4, -0.2) is 25.4 Å². The molecule has 1 saturated heterocycles. The first-order valence-electron chi connectivity index (χ1n) is 8.40. The predicted octanol–water partition coefficient (Wildman–Crippen LogP) is 4.43. The number of carbonyl (C=O) groups is 1. The van der Waals surface area contributed by atoms with E-state index in [1.54, 1.807) is 11.8 Å². The number of halogens is 1. The predicted molar refractivity (Wildman–Crippen MR) is 103 cm³/mol. The van der Waals surface area contributed by atoms with Crippen molar-refractivity contribution in [3.8, 4) is 0 Å². The van der Waals surface area contributed by atoms with Crippen LogP contribution >= 0.6 is 23.4 Å². The second-order valence-corrected chi connectivity index (χ2v) is 7.49. The van der Waals surface area contributed by atoms with Crippen molar-refractivity contribution in [2.24, 2.45) is 0 Å². The van der Waals surface area contributed by atoms with Gasteiger partial charge in [-0.3, -0.25) is 4.79 Å². The fraction of sp³-hybridized carbons (Fsp3) is 0.350. The summed E-state index contributed by atoms with van der Waals surface area (Å²) >= 11 is 8.13. The zero-order valence-electron chi connectivity index (χ0n) is 14.3. The SMILES string of the molecule is CSc1ccc(CNC(=O)C2(c3ccccc3Cl)CCOCC2)cc1. The maximum atomic E-state index is 13.1. The van der Waals surface area contributed by atoms with Gasteiger partial charge in [-0.15, -0.1) is 11.8 Å². The molecule has 0 aromatic heterocycles. The van der Waals surface area contributed by atoms with Gasteiger partial charge in [0.25, 0.3) is 0 Å². The Labute approximate surface area is 158 Å². The van der Waals surface area contributed by atoms with E-state index < -0.39 is 5.41 Å². The van der Waals surface area contributed by atoms with E-state index in [-0.39, 0.29) is 5.91 Å². The van der Waals surface area contributed by atoms with Gasteiger partial charge in [-0.2, -0.15) is 0 Å². The molecular formula is C20H22ClNO2S. The number of amides is 1. The molecule has 1 aliphatic heterocycles. The van der Waals surface area contributed by atoms with Crippen LogP contribution in [0.2, 0.25) is 5.02 Å². The molecular weight excluding hydrogens is 354 g/mol. The molecule has 0 radical (unpaired) electrons. The summed E-state index contributed by atoms with van der Waals surface area (Å²) in [5, 5.41) is 3.76. The van der Waals surface area contributed by atoms with Crippen LogP contribution in [0.1, 0.15) is 24.0 Å². The van der Waals surface area contributed by atoms with Crippen LogP contribution in [0, 0.1) is 0 Å². The van der Waals surface area contributed by atoms with E-state index in [2.05, 4.69) is 35.8 Å². The van der Waals surface area contributed by atoms with Crippen molar-refractivity contribution in [1.82, 2.24) is 5.32 Å². The first-order valence-corrected chi connectivity index (χ1v) is 10.00. The van der Waals surface area contributed by atoms with Gasteiger partial charge in [0.05, 0.1) is 5.41 Å². The monoisotopic (exact) mass is 375 g/mol. The van der Waals surface area contributed by atoms with E-state index in [1.807, 2.05) is 24.3 Å². The topological polar surface area (TPSA) is 38.3 Å². The Balaban J connectivity index is 1.79.